The summed E-state index contributed by atoms with van der Waals surface area (Å²) < 4.78 is 0.988. The summed E-state index contributed by atoms with van der Waals surface area (Å²) >= 11 is 3.54. The lowest BCUT2D eigenvalue weighted by molar-refractivity contribution is 0.198. The van der Waals surface area contributed by atoms with Gasteiger partial charge in [-0.2, -0.15) is 0 Å². The number of aliphatic hydroxyl groups is 1. The minimum absolute atomic E-state index is 0.431. The average Bonchev–Trinajstić information content (AvgIpc) is 2.32. The zero-order valence-corrected chi connectivity index (χ0v) is 12.8. The first kappa shape index (κ1) is 13.8. The third-order valence-corrected chi connectivity index (χ3v) is 4.45. The van der Waals surface area contributed by atoms with Gasteiger partial charge in [0.25, 0.3) is 0 Å². The highest BCUT2D eigenvalue weighted by atomic mass is 79.9. The van der Waals surface area contributed by atoms with Crippen molar-refractivity contribution in [3.8, 4) is 0 Å². The molecule has 1 saturated heterocycles. The summed E-state index contributed by atoms with van der Waals surface area (Å²) in [6, 6.07) is 6.80. The van der Waals surface area contributed by atoms with Crippen LogP contribution in [0.3, 0.4) is 0 Å². The Balaban J connectivity index is 2.17. The lowest BCUT2D eigenvalue weighted by Gasteiger charge is -2.39. The molecular weight excluding hydrogens is 292 g/mol. The van der Waals surface area contributed by atoms with Gasteiger partial charge in [-0.25, -0.2) is 0 Å². The molecule has 0 amide bonds. The van der Waals surface area contributed by atoms with E-state index in [0.29, 0.717) is 6.04 Å². The number of benzene rings is 1. The van der Waals surface area contributed by atoms with Crippen molar-refractivity contribution >= 4 is 21.6 Å². The van der Waals surface area contributed by atoms with E-state index in [0.717, 1.165) is 29.7 Å². The second kappa shape index (κ2) is 5.59. The molecule has 18 heavy (non-hydrogen) atoms. The summed E-state index contributed by atoms with van der Waals surface area (Å²) in [5, 5.41) is 9.63. The van der Waals surface area contributed by atoms with Gasteiger partial charge < -0.3 is 14.9 Å². The number of anilines is 1. The van der Waals surface area contributed by atoms with E-state index in [1.54, 1.807) is 6.92 Å². The van der Waals surface area contributed by atoms with Crippen LogP contribution in [0.25, 0.3) is 0 Å². The molecule has 1 heterocycles. The van der Waals surface area contributed by atoms with Gasteiger partial charge in [0, 0.05) is 35.8 Å². The van der Waals surface area contributed by atoms with Gasteiger partial charge in [0.15, 0.2) is 0 Å². The fourth-order valence-corrected chi connectivity index (χ4v) is 3.03. The standard InChI is InChI=1S/C14H21BrN2O/c1-10-9-17(7-6-16(10)3)12-4-5-13(11(2)18)14(15)8-12/h4-5,8,10-11,18H,6-7,9H2,1-3H3/t10?,11-/m0/s1. The fourth-order valence-electron chi connectivity index (χ4n) is 2.33. The van der Waals surface area contributed by atoms with E-state index >= 15 is 0 Å². The molecule has 2 rings (SSSR count). The highest BCUT2D eigenvalue weighted by Crippen LogP contribution is 2.29. The lowest BCUT2D eigenvalue weighted by atomic mass is 10.1. The van der Waals surface area contributed by atoms with Gasteiger partial charge in [0.2, 0.25) is 0 Å². The van der Waals surface area contributed by atoms with Crippen molar-refractivity contribution in [3.63, 3.8) is 0 Å². The number of aliphatic hydroxyl groups excluding tert-OH is 1. The first-order valence-corrected chi connectivity index (χ1v) is 7.21. The Morgan fingerprint density at radius 1 is 1.39 bits per heavy atom. The zero-order chi connectivity index (χ0) is 13.3. The minimum atomic E-state index is -0.431. The number of likely N-dealkylation sites (N-methyl/N-ethyl adjacent to an activating group) is 1. The zero-order valence-electron chi connectivity index (χ0n) is 11.2. The Bertz CT molecular complexity index is 422. The van der Waals surface area contributed by atoms with Crippen molar-refractivity contribution in [2.45, 2.75) is 26.0 Å². The number of rotatable bonds is 2. The smallest absolute Gasteiger partial charge is 0.0772 e. The molecule has 1 aliphatic heterocycles. The Morgan fingerprint density at radius 2 is 2.11 bits per heavy atom. The highest BCUT2D eigenvalue weighted by Gasteiger charge is 2.21. The van der Waals surface area contributed by atoms with Crippen LogP contribution in [-0.2, 0) is 0 Å². The van der Waals surface area contributed by atoms with Gasteiger partial charge in [-0.3, -0.25) is 0 Å². The van der Waals surface area contributed by atoms with Crippen molar-refractivity contribution < 1.29 is 5.11 Å². The highest BCUT2D eigenvalue weighted by molar-refractivity contribution is 9.10. The third kappa shape index (κ3) is 2.87. The predicted octanol–water partition coefficient (Wildman–Crippen LogP) is 2.64. The summed E-state index contributed by atoms with van der Waals surface area (Å²) in [4.78, 5) is 4.79. The predicted molar refractivity (Wildman–Crippen MR) is 79.1 cm³/mol. The molecule has 1 unspecified atom stereocenters. The van der Waals surface area contributed by atoms with Crippen molar-refractivity contribution in [2.24, 2.45) is 0 Å². The maximum absolute atomic E-state index is 9.63. The quantitative estimate of drug-likeness (QED) is 0.909. The number of halogens is 1. The summed E-state index contributed by atoms with van der Waals surface area (Å²) in [6.45, 7) is 7.25. The van der Waals surface area contributed by atoms with Crippen LogP contribution in [0.4, 0.5) is 5.69 Å². The lowest BCUT2D eigenvalue weighted by Crippen LogP contribution is -2.50. The first-order chi connectivity index (χ1) is 8.49. The molecule has 0 aliphatic carbocycles. The summed E-state index contributed by atoms with van der Waals surface area (Å²) in [7, 11) is 2.18. The van der Waals surface area contributed by atoms with Gasteiger partial charge in [-0.1, -0.05) is 22.0 Å². The number of hydrogen-bond donors (Lipinski definition) is 1. The van der Waals surface area contributed by atoms with Crippen LogP contribution in [-0.4, -0.2) is 42.7 Å². The summed E-state index contributed by atoms with van der Waals surface area (Å²) in [5.41, 5.74) is 2.17. The van der Waals surface area contributed by atoms with Gasteiger partial charge in [-0.15, -0.1) is 0 Å². The van der Waals surface area contributed by atoms with Gasteiger partial charge >= 0.3 is 0 Å². The SMILES string of the molecule is CC1CN(c2ccc([C@H](C)O)c(Br)c2)CCN1C. The average molecular weight is 313 g/mol. The molecule has 0 bridgehead atoms. The molecule has 4 heteroatoms. The second-order valence-electron chi connectivity index (χ2n) is 5.16. The van der Waals surface area contributed by atoms with Crippen molar-refractivity contribution in [1.82, 2.24) is 4.90 Å². The molecule has 1 aromatic rings. The molecule has 0 saturated carbocycles. The molecule has 0 aromatic heterocycles. The Labute approximate surface area is 118 Å². The van der Waals surface area contributed by atoms with Crippen LogP contribution in [0.5, 0.6) is 0 Å². The molecular formula is C14H21BrN2O. The van der Waals surface area contributed by atoms with Gasteiger partial charge in [0.1, 0.15) is 0 Å². The molecule has 3 nitrogen and oxygen atoms in total. The summed E-state index contributed by atoms with van der Waals surface area (Å²) in [5.74, 6) is 0. The molecule has 100 valence electrons. The van der Waals surface area contributed by atoms with E-state index in [2.05, 4.69) is 51.8 Å². The van der Waals surface area contributed by atoms with E-state index < -0.39 is 6.10 Å². The van der Waals surface area contributed by atoms with E-state index in [1.165, 1.54) is 5.69 Å². The van der Waals surface area contributed by atoms with E-state index in [9.17, 15) is 5.11 Å². The van der Waals surface area contributed by atoms with Crippen LogP contribution < -0.4 is 4.90 Å². The molecule has 2 atom stereocenters. The van der Waals surface area contributed by atoms with Crippen molar-refractivity contribution in [1.29, 1.82) is 0 Å². The molecule has 0 radical (unpaired) electrons. The molecule has 1 aliphatic rings. The largest absolute Gasteiger partial charge is 0.389 e. The minimum Gasteiger partial charge on any atom is -0.389 e. The van der Waals surface area contributed by atoms with Crippen LogP contribution in [0.15, 0.2) is 22.7 Å². The van der Waals surface area contributed by atoms with Crippen LogP contribution in [0.2, 0.25) is 0 Å². The molecule has 1 fully saturated rings. The van der Waals surface area contributed by atoms with E-state index in [4.69, 9.17) is 0 Å². The number of nitrogens with zero attached hydrogens (tertiary/aromatic N) is 2. The van der Waals surface area contributed by atoms with E-state index in [1.807, 2.05) is 6.07 Å². The third-order valence-electron chi connectivity index (χ3n) is 3.76. The topological polar surface area (TPSA) is 26.7 Å². The number of hydrogen-bond acceptors (Lipinski definition) is 3. The molecule has 1 aromatic carbocycles. The molecule has 0 spiro atoms. The van der Waals surface area contributed by atoms with Crippen molar-refractivity contribution in [2.75, 3.05) is 31.6 Å². The van der Waals surface area contributed by atoms with Crippen LogP contribution in [0, 0.1) is 0 Å². The first-order valence-electron chi connectivity index (χ1n) is 6.41. The second-order valence-corrected chi connectivity index (χ2v) is 6.01. The van der Waals surface area contributed by atoms with Crippen LogP contribution >= 0.6 is 15.9 Å². The number of piperazine rings is 1. The Morgan fingerprint density at radius 3 is 2.67 bits per heavy atom. The maximum Gasteiger partial charge on any atom is 0.0772 e. The van der Waals surface area contributed by atoms with E-state index in [-0.39, 0.29) is 0 Å². The van der Waals surface area contributed by atoms with Crippen molar-refractivity contribution in [3.05, 3.63) is 28.2 Å². The van der Waals surface area contributed by atoms with Gasteiger partial charge in [-0.05, 0) is 38.6 Å². The Kier molecular flexibility index (Phi) is 4.30. The maximum atomic E-state index is 9.63. The Hall–Kier alpha value is -0.580. The van der Waals surface area contributed by atoms with Crippen LogP contribution in [0.1, 0.15) is 25.5 Å². The fraction of sp³-hybridized carbons (Fsp3) is 0.571. The summed E-state index contributed by atoms with van der Waals surface area (Å²) in [6.07, 6.45) is -0.431. The monoisotopic (exact) mass is 312 g/mol. The normalized spacial score (nSPS) is 23.2. The molecule has 1 N–H and O–H groups in total. The van der Waals surface area contributed by atoms with Gasteiger partial charge in [0.05, 0.1) is 6.10 Å².